The third kappa shape index (κ3) is 67.2. The van der Waals surface area contributed by atoms with E-state index in [4.69, 9.17) is 14.2 Å². The Morgan fingerprint density at radius 3 is 0.500 bits per heavy atom. The lowest BCUT2D eigenvalue weighted by molar-refractivity contribution is -0.167. The van der Waals surface area contributed by atoms with Crippen LogP contribution in [0.1, 0.15) is 438 Å². The average Bonchev–Trinajstić information content (AvgIpc) is 3.46. The second kappa shape index (κ2) is 69.9. The molecule has 0 aliphatic heterocycles. The van der Waals surface area contributed by atoms with E-state index < -0.39 is 6.10 Å². The number of carbonyl (C=O) groups is 3. The van der Waals surface area contributed by atoms with Crippen LogP contribution in [-0.4, -0.2) is 37.2 Å². The van der Waals surface area contributed by atoms with Crippen LogP contribution in [0.2, 0.25) is 0 Å². The fourth-order valence-electron chi connectivity index (χ4n) is 11.8. The van der Waals surface area contributed by atoms with Gasteiger partial charge in [-0.1, -0.05) is 400 Å². The Balaban J connectivity index is 4.00. The van der Waals surface area contributed by atoms with Gasteiger partial charge in [-0.2, -0.15) is 0 Å². The van der Waals surface area contributed by atoms with Crippen molar-refractivity contribution in [2.45, 2.75) is 444 Å². The number of carbonyl (C=O) groups excluding carboxylic acids is 3. The van der Waals surface area contributed by atoms with Crippen LogP contribution in [0.4, 0.5) is 0 Å². The molecule has 0 heterocycles. The van der Waals surface area contributed by atoms with Crippen molar-refractivity contribution in [2.75, 3.05) is 13.2 Å². The zero-order valence-electron chi connectivity index (χ0n) is 54.9. The summed E-state index contributed by atoms with van der Waals surface area (Å²) in [4.78, 5) is 38.3. The molecule has 0 saturated heterocycles. The van der Waals surface area contributed by atoms with Crippen LogP contribution in [-0.2, 0) is 28.6 Å². The second-order valence-electron chi connectivity index (χ2n) is 25.6. The first-order chi connectivity index (χ1) is 39.5. The number of hydrogen-bond donors (Lipinski definition) is 0. The van der Waals surface area contributed by atoms with Gasteiger partial charge in [-0.15, -0.1) is 0 Å². The van der Waals surface area contributed by atoms with E-state index >= 15 is 0 Å². The molecule has 0 N–H and O–H groups in total. The Morgan fingerprint density at radius 2 is 0.338 bits per heavy atom. The van der Waals surface area contributed by atoms with E-state index in [-0.39, 0.29) is 31.1 Å². The molecule has 0 amide bonds. The minimum absolute atomic E-state index is 0.0605. The molecule has 0 aromatic rings. The van der Waals surface area contributed by atoms with Gasteiger partial charge in [0.2, 0.25) is 0 Å². The number of hydrogen-bond acceptors (Lipinski definition) is 6. The number of ether oxygens (including phenoxy) is 3. The van der Waals surface area contributed by atoms with E-state index in [0.717, 1.165) is 57.8 Å². The van der Waals surface area contributed by atoms with Gasteiger partial charge >= 0.3 is 17.9 Å². The maximum atomic E-state index is 12.9. The number of rotatable bonds is 70. The summed E-state index contributed by atoms with van der Waals surface area (Å²) in [5, 5.41) is 0. The molecule has 0 aliphatic rings. The molecule has 0 bridgehead atoms. The summed E-state index contributed by atoms with van der Waals surface area (Å²) in [6.45, 7) is 6.73. The summed E-state index contributed by atoms with van der Waals surface area (Å²) in [7, 11) is 0. The van der Waals surface area contributed by atoms with Gasteiger partial charge in [0, 0.05) is 19.3 Å². The smallest absolute Gasteiger partial charge is 0.306 e. The van der Waals surface area contributed by atoms with Crippen molar-refractivity contribution in [3.63, 3.8) is 0 Å². The monoisotopic (exact) mass is 1130 g/mol. The minimum Gasteiger partial charge on any atom is -0.462 e. The lowest BCUT2D eigenvalue weighted by Crippen LogP contribution is -2.30. The predicted octanol–water partition coefficient (Wildman–Crippen LogP) is 25.4. The molecule has 0 saturated carbocycles. The zero-order chi connectivity index (χ0) is 57.8. The summed E-state index contributed by atoms with van der Waals surface area (Å²) in [5.74, 6) is -0.824. The van der Waals surface area contributed by atoms with E-state index in [2.05, 4.69) is 20.8 Å². The van der Waals surface area contributed by atoms with Crippen LogP contribution >= 0.6 is 0 Å². The second-order valence-corrected chi connectivity index (χ2v) is 25.6. The minimum atomic E-state index is -0.762. The number of unbranched alkanes of at least 4 members (excludes halogenated alkanes) is 59. The van der Waals surface area contributed by atoms with Crippen molar-refractivity contribution in [3.8, 4) is 0 Å². The van der Waals surface area contributed by atoms with Crippen molar-refractivity contribution in [1.29, 1.82) is 0 Å². The maximum absolute atomic E-state index is 12.9. The van der Waals surface area contributed by atoms with Gasteiger partial charge < -0.3 is 14.2 Å². The van der Waals surface area contributed by atoms with E-state index in [1.807, 2.05) is 0 Å². The third-order valence-electron chi connectivity index (χ3n) is 17.4. The molecule has 1 atom stereocenters. The molecular formula is C74H144O6. The molecule has 6 heteroatoms. The molecule has 0 aromatic heterocycles. The molecule has 476 valence electrons. The first-order valence-corrected chi connectivity index (χ1v) is 37.0. The highest BCUT2D eigenvalue weighted by Gasteiger charge is 2.20. The quantitative estimate of drug-likeness (QED) is 0.0343. The molecule has 0 fully saturated rings. The highest BCUT2D eigenvalue weighted by Crippen LogP contribution is 2.20. The van der Waals surface area contributed by atoms with E-state index in [9.17, 15) is 14.4 Å². The Labute approximate surface area is 501 Å². The molecule has 0 rings (SSSR count). The van der Waals surface area contributed by atoms with Gasteiger partial charge in [0.05, 0.1) is 0 Å². The maximum Gasteiger partial charge on any atom is 0.306 e. The molecule has 0 aromatic carbocycles. The van der Waals surface area contributed by atoms with Gasteiger partial charge in [0.15, 0.2) is 6.10 Å². The predicted molar refractivity (Wildman–Crippen MR) is 349 cm³/mol. The van der Waals surface area contributed by atoms with Crippen LogP contribution in [0.15, 0.2) is 0 Å². The van der Waals surface area contributed by atoms with Gasteiger partial charge in [-0.3, -0.25) is 14.4 Å². The molecule has 0 aliphatic carbocycles. The highest BCUT2D eigenvalue weighted by molar-refractivity contribution is 5.71. The third-order valence-corrected chi connectivity index (χ3v) is 17.4. The van der Waals surface area contributed by atoms with Crippen LogP contribution in [0.5, 0.6) is 0 Å². The van der Waals surface area contributed by atoms with Gasteiger partial charge in [0.25, 0.3) is 0 Å². The highest BCUT2D eigenvalue weighted by atomic mass is 16.6. The van der Waals surface area contributed by atoms with E-state index in [1.165, 1.54) is 340 Å². The molecule has 80 heavy (non-hydrogen) atoms. The van der Waals surface area contributed by atoms with Crippen LogP contribution in [0.3, 0.4) is 0 Å². The van der Waals surface area contributed by atoms with Gasteiger partial charge in [0.1, 0.15) is 13.2 Å². The van der Waals surface area contributed by atoms with E-state index in [0.29, 0.717) is 19.3 Å². The van der Waals surface area contributed by atoms with Crippen molar-refractivity contribution in [2.24, 2.45) is 0 Å². The van der Waals surface area contributed by atoms with Crippen molar-refractivity contribution in [1.82, 2.24) is 0 Å². The Kier molecular flexibility index (Phi) is 68.5. The lowest BCUT2D eigenvalue weighted by atomic mass is 10.0. The largest absolute Gasteiger partial charge is 0.462 e. The van der Waals surface area contributed by atoms with Crippen LogP contribution < -0.4 is 0 Å². The number of esters is 3. The first-order valence-electron chi connectivity index (χ1n) is 37.0. The normalized spacial score (nSPS) is 11.9. The Morgan fingerprint density at radius 1 is 0.200 bits per heavy atom. The van der Waals surface area contributed by atoms with Crippen LogP contribution in [0.25, 0.3) is 0 Å². The van der Waals surface area contributed by atoms with E-state index in [1.54, 1.807) is 0 Å². The lowest BCUT2D eigenvalue weighted by Gasteiger charge is -2.18. The molecule has 1 unspecified atom stereocenters. The fourth-order valence-corrected chi connectivity index (χ4v) is 11.8. The average molecular weight is 1130 g/mol. The van der Waals surface area contributed by atoms with Gasteiger partial charge in [-0.05, 0) is 19.3 Å². The molecule has 0 spiro atoms. The fraction of sp³-hybridized carbons (Fsp3) is 0.959. The summed E-state index contributed by atoms with van der Waals surface area (Å²) in [6.07, 6.45) is 83.1. The van der Waals surface area contributed by atoms with Crippen molar-refractivity contribution in [3.05, 3.63) is 0 Å². The molecule has 6 nitrogen and oxygen atoms in total. The first kappa shape index (κ1) is 78.4. The zero-order valence-corrected chi connectivity index (χ0v) is 54.9. The summed E-state index contributed by atoms with van der Waals surface area (Å²) in [5.41, 5.74) is 0. The standard InChI is InChI=1S/C74H144O6/c1-4-7-10-13-16-19-22-24-26-28-29-30-31-32-33-34-35-36-37-38-39-40-41-42-43-44-46-47-49-52-55-58-61-64-67-73(76)79-70-71(69-78-72(75)66-63-60-57-54-51-21-18-15-12-9-6-3)80-74(77)68-65-62-59-56-53-50-48-45-27-25-23-20-17-14-11-8-5-2/h71H,4-70H2,1-3H3. The van der Waals surface area contributed by atoms with Crippen molar-refractivity contribution >= 4 is 17.9 Å². The van der Waals surface area contributed by atoms with Crippen molar-refractivity contribution < 1.29 is 28.6 Å². The van der Waals surface area contributed by atoms with Crippen LogP contribution in [0, 0.1) is 0 Å². The van der Waals surface area contributed by atoms with Gasteiger partial charge in [-0.25, -0.2) is 0 Å². The Bertz CT molecular complexity index is 1200. The summed E-state index contributed by atoms with van der Waals surface area (Å²) >= 11 is 0. The Hall–Kier alpha value is -1.59. The summed E-state index contributed by atoms with van der Waals surface area (Å²) in [6, 6.07) is 0. The SMILES string of the molecule is CCCCCCCCCCCCCCCCCCCCCCCCCCCCCCCCCCCCC(=O)OCC(COC(=O)CCCCCCCCCCCCC)OC(=O)CCCCCCCCCCCCCCCCCCC. The molecular weight excluding hydrogens is 985 g/mol. The summed E-state index contributed by atoms with van der Waals surface area (Å²) < 4.78 is 17.0. The molecule has 0 radical (unpaired) electrons. The topological polar surface area (TPSA) is 78.9 Å².